The van der Waals surface area contributed by atoms with Crippen molar-refractivity contribution >= 4 is 52.2 Å². The number of carbonyl (C=O) groups is 2. The summed E-state index contributed by atoms with van der Waals surface area (Å²) in [5.74, 6) is -0.274. The number of rotatable bonds is 6. The topological polar surface area (TPSA) is 55.4 Å². The highest BCUT2D eigenvalue weighted by Gasteiger charge is 2.14. The van der Waals surface area contributed by atoms with Crippen molar-refractivity contribution in [3.8, 4) is 5.75 Å². The summed E-state index contributed by atoms with van der Waals surface area (Å²) in [6.45, 7) is 1.44. The van der Waals surface area contributed by atoms with Crippen LogP contribution in [0.5, 0.6) is 5.75 Å². The molecule has 4 nitrogen and oxygen atoms in total. The summed E-state index contributed by atoms with van der Waals surface area (Å²) in [6, 6.07) is 9.56. The quantitative estimate of drug-likeness (QED) is 0.689. The zero-order valence-electron chi connectivity index (χ0n) is 12.7. The van der Waals surface area contributed by atoms with Crippen LogP contribution in [0.2, 0.25) is 15.1 Å². The molecule has 24 heavy (non-hydrogen) atoms. The molecule has 0 atom stereocenters. The largest absolute Gasteiger partial charge is 0.483 e. The molecule has 1 amide bonds. The second-order valence-corrected chi connectivity index (χ2v) is 6.10. The van der Waals surface area contributed by atoms with Crippen LogP contribution in [0.4, 0.5) is 5.69 Å². The summed E-state index contributed by atoms with van der Waals surface area (Å²) in [6.07, 6.45) is 0.304. The summed E-state index contributed by atoms with van der Waals surface area (Å²) in [4.78, 5) is 24.0. The second-order valence-electron chi connectivity index (χ2n) is 4.85. The third-order valence-corrected chi connectivity index (χ3v) is 4.01. The fourth-order valence-electron chi connectivity index (χ4n) is 1.97. The van der Waals surface area contributed by atoms with Crippen molar-refractivity contribution in [3.63, 3.8) is 0 Å². The van der Waals surface area contributed by atoms with E-state index in [1.807, 2.05) is 0 Å². The minimum atomic E-state index is -0.449. The maximum absolute atomic E-state index is 12.0. The van der Waals surface area contributed by atoms with Gasteiger partial charge in [-0.3, -0.25) is 9.59 Å². The molecule has 0 aromatic heterocycles. The average molecular weight is 387 g/mol. The molecular formula is C17H14Cl3NO3. The monoisotopic (exact) mass is 385 g/mol. The van der Waals surface area contributed by atoms with E-state index in [1.165, 1.54) is 6.07 Å². The standard InChI is InChI=1S/C17H14Cl3NO3/c1-2-14(22)11-8-10(18)6-7-15(11)24-9-16(23)21-17-12(19)4-3-5-13(17)20/h3-8H,2,9H2,1H3,(H,21,23). The van der Waals surface area contributed by atoms with Crippen molar-refractivity contribution in [3.05, 3.63) is 57.0 Å². The van der Waals surface area contributed by atoms with E-state index in [1.54, 1.807) is 37.3 Å². The van der Waals surface area contributed by atoms with Gasteiger partial charge in [-0.25, -0.2) is 0 Å². The number of ketones is 1. The molecule has 0 aliphatic heterocycles. The molecule has 0 unspecified atom stereocenters. The van der Waals surface area contributed by atoms with Gasteiger partial charge in [-0.2, -0.15) is 0 Å². The summed E-state index contributed by atoms with van der Waals surface area (Å²) in [5, 5.41) is 3.65. The molecule has 2 aromatic rings. The Labute approximate surface area is 154 Å². The average Bonchev–Trinajstić information content (AvgIpc) is 2.56. The van der Waals surface area contributed by atoms with Crippen LogP contribution in [0.1, 0.15) is 23.7 Å². The third-order valence-electron chi connectivity index (χ3n) is 3.15. The number of hydrogen-bond donors (Lipinski definition) is 1. The molecule has 0 bridgehead atoms. The van der Waals surface area contributed by atoms with Crippen LogP contribution in [-0.2, 0) is 4.79 Å². The Morgan fingerprint density at radius 3 is 2.38 bits per heavy atom. The Kier molecular flexibility index (Phi) is 6.49. The molecule has 0 fully saturated rings. The van der Waals surface area contributed by atoms with Crippen molar-refractivity contribution < 1.29 is 14.3 Å². The van der Waals surface area contributed by atoms with E-state index < -0.39 is 5.91 Å². The Balaban J connectivity index is 2.08. The van der Waals surface area contributed by atoms with E-state index in [4.69, 9.17) is 39.5 Å². The van der Waals surface area contributed by atoms with Crippen LogP contribution >= 0.6 is 34.8 Å². The summed E-state index contributed by atoms with van der Waals surface area (Å²) in [5.41, 5.74) is 0.656. The summed E-state index contributed by atoms with van der Waals surface area (Å²) >= 11 is 17.9. The van der Waals surface area contributed by atoms with Crippen LogP contribution in [-0.4, -0.2) is 18.3 Å². The van der Waals surface area contributed by atoms with Crippen molar-refractivity contribution in [2.75, 3.05) is 11.9 Å². The molecule has 0 saturated heterocycles. The molecule has 2 rings (SSSR count). The second kappa shape index (κ2) is 8.38. The highest BCUT2D eigenvalue weighted by molar-refractivity contribution is 6.39. The lowest BCUT2D eigenvalue weighted by atomic mass is 10.1. The van der Waals surface area contributed by atoms with Crippen LogP contribution in [0.3, 0.4) is 0 Å². The molecule has 0 aliphatic carbocycles. The molecular weight excluding hydrogens is 373 g/mol. The van der Waals surface area contributed by atoms with Gasteiger partial charge in [0.05, 0.1) is 21.3 Å². The molecule has 2 aromatic carbocycles. The molecule has 1 N–H and O–H groups in total. The zero-order chi connectivity index (χ0) is 17.7. The van der Waals surface area contributed by atoms with Crippen LogP contribution in [0.15, 0.2) is 36.4 Å². The Morgan fingerprint density at radius 1 is 1.08 bits per heavy atom. The molecule has 0 spiro atoms. The van der Waals surface area contributed by atoms with Gasteiger partial charge in [0.1, 0.15) is 5.75 Å². The molecule has 0 saturated carbocycles. The fraction of sp³-hybridized carbons (Fsp3) is 0.176. The number of para-hydroxylation sites is 1. The number of halogens is 3. The first-order chi connectivity index (χ1) is 11.4. The molecule has 0 heterocycles. The lowest BCUT2D eigenvalue weighted by molar-refractivity contribution is -0.118. The van der Waals surface area contributed by atoms with Gasteiger partial charge in [0.15, 0.2) is 12.4 Å². The van der Waals surface area contributed by atoms with E-state index in [9.17, 15) is 9.59 Å². The normalized spacial score (nSPS) is 10.3. The number of ether oxygens (including phenoxy) is 1. The highest BCUT2D eigenvalue weighted by atomic mass is 35.5. The SMILES string of the molecule is CCC(=O)c1cc(Cl)ccc1OCC(=O)Nc1c(Cl)cccc1Cl. The number of Topliss-reactive ketones (excluding diaryl/α,β-unsaturated/α-hetero) is 1. The fourth-order valence-corrected chi connectivity index (χ4v) is 2.64. The van der Waals surface area contributed by atoms with Gasteiger partial charge >= 0.3 is 0 Å². The van der Waals surface area contributed by atoms with Gasteiger partial charge in [0, 0.05) is 11.4 Å². The predicted octanol–water partition coefficient (Wildman–Crippen LogP) is 5.26. The minimum absolute atomic E-state index is 0.123. The maximum atomic E-state index is 12.0. The summed E-state index contributed by atoms with van der Waals surface area (Å²) < 4.78 is 5.45. The number of amides is 1. The molecule has 0 aliphatic rings. The number of benzene rings is 2. The predicted molar refractivity (Wildman–Crippen MR) is 96.7 cm³/mol. The van der Waals surface area contributed by atoms with Gasteiger partial charge in [-0.05, 0) is 30.3 Å². The first-order valence-electron chi connectivity index (χ1n) is 7.11. The lowest BCUT2D eigenvalue weighted by Gasteiger charge is -2.12. The number of nitrogens with one attached hydrogen (secondary N) is 1. The Hall–Kier alpha value is -1.75. The number of anilines is 1. The molecule has 7 heteroatoms. The van der Waals surface area contributed by atoms with Crippen LogP contribution < -0.4 is 10.1 Å². The van der Waals surface area contributed by atoms with E-state index >= 15 is 0 Å². The van der Waals surface area contributed by atoms with Gasteiger partial charge in [0.2, 0.25) is 0 Å². The van der Waals surface area contributed by atoms with Crippen molar-refractivity contribution in [2.45, 2.75) is 13.3 Å². The lowest BCUT2D eigenvalue weighted by Crippen LogP contribution is -2.21. The first-order valence-corrected chi connectivity index (χ1v) is 8.25. The van der Waals surface area contributed by atoms with Crippen molar-refractivity contribution in [1.82, 2.24) is 0 Å². The number of hydrogen-bond acceptors (Lipinski definition) is 3. The van der Waals surface area contributed by atoms with Gasteiger partial charge in [0.25, 0.3) is 5.91 Å². The highest BCUT2D eigenvalue weighted by Crippen LogP contribution is 2.30. The first kappa shape index (κ1) is 18.6. The Morgan fingerprint density at radius 2 is 1.75 bits per heavy atom. The summed E-state index contributed by atoms with van der Waals surface area (Å²) in [7, 11) is 0. The van der Waals surface area contributed by atoms with E-state index in [-0.39, 0.29) is 12.4 Å². The van der Waals surface area contributed by atoms with Gasteiger partial charge in [-0.1, -0.05) is 47.8 Å². The third kappa shape index (κ3) is 4.63. The van der Waals surface area contributed by atoms with Gasteiger partial charge < -0.3 is 10.1 Å². The Bertz CT molecular complexity index is 757. The molecule has 126 valence electrons. The van der Waals surface area contributed by atoms with E-state index in [2.05, 4.69) is 5.32 Å². The maximum Gasteiger partial charge on any atom is 0.262 e. The van der Waals surface area contributed by atoms with Crippen LogP contribution in [0.25, 0.3) is 0 Å². The van der Waals surface area contributed by atoms with Crippen molar-refractivity contribution in [2.24, 2.45) is 0 Å². The van der Waals surface area contributed by atoms with E-state index in [0.717, 1.165) is 0 Å². The van der Waals surface area contributed by atoms with Gasteiger partial charge in [-0.15, -0.1) is 0 Å². The zero-order valence-corrected chi connectivity index (χ0v) is 15.0. The smallest absolute Gasteiger partial charge is 0.262 e. The van der Waals surface area contributed by atoms with E-state index in [0.29, 0.717) is 38.5 Å². The minimum Gasteiger partial charge on any atom is -0.483 e. The van der Waals surface area contributed by atoms with Crippen LogP contribution in [0, 0.1) is 0 Å². The number of carbonyl (C=O) groups excluding carboxylic acids is 2. The molecule has 0 radical (unpaired) electrons. The van der Waals surface area contributed by atoms with Crippen molar-refractivity contribution in [1.29, 1.82) is 0 Å².